The molecule has 2 aromatic carbocycles. The largest absolute Gasteiger partial charge is 0.348 e. The van der Waals surface area contributed by atoms with Gasteiger partial charge in [0.1, 0.15) is 4.83 Å². The van der Waals surface area contributed by atoms with E-state index in [1.165, 1.54) is 54.5 Å². The predicted molar refractivity (Wildman–Crippen MR) is 143 cm³/mol. The number of aromatic amines is 1. The van der Waals surface area contributed by atoms with Gasteiger partial charge in [-0.15, -0.1) is 11.3 Å². The van der Waals surface area contributed by atoms with Gasteiger partial charge in [0.05, 0.1) is 17.3 Å². The quantitative estimate of drug-likeness (QED) is 0.258. The van der Waals surface area contributed by atoms with Crippen molar-refractivity contribution >= 4 is 27.5 Å². The summed E-state index contributed by atoms with van der Waals surface area (Å²) in [7, 11) is 0. The van der Waals surface area contributed by atoms with E-state index in [9.17, 15) is 9.59 Å². The van der Waals surface area contributed by atoms with Crippen LogP contribution in [0.1, 0.15) is 59.7 Å². The van der Waals surface area contributed by atoms with Crippen molar-refractivity contribution in [2.24, 2.45) is 0 Å². The Labute approximate surface area is 210 Å². The molecule has 4 aromatic rings. The van der Waals surface area contributed by atoms with Crippen LogP contribution in [-0.2, 0) is 19.6 Å². The Morgan fingerprint density at radius 2 is 1.69 bits per heavy atom. The third-order valence-electron chi connectivity index (χ3n) is 6.08. The van der Waals surface area contributed by atoms with Gasteiger partial charge in [-0.05, 0) is 29.7 Å². The molecule has 0 fully saturated rings. The van der Waals surface area contributed by atoms with Gasteiger partial charge in [-0.1, -0.05) is 80.8 Å². The SMILES string of the molecule is CCCCCCN(Cc1ccccc1)Cc1ccc(CNC(=O)c2csc3nc[nH]c(=O)c23)cc1. The molecule has 0 spiro atoms. The van der Waals surface area contributed by atoms with Gasteiger partial charge in [-0.2, -0.15) is 0 Å². The molecule has 4 rings (SSSR count). The molecule has 0 aliphatic rings. The Morgan fingerprint density at radius 1 is 0.971 bits per heavy atom. The number of unbranched alkanes of at least 4 members (excludes halogenated alkanes) is 3. The van der Waals surface area contributed by atoms with E-state index in [1.54, 1.807) is 5.38 Å². The molecule has 6 nitrogen and oxygen atoms in total. The van der Waals surface area contributed by atoms with E-state index >= 15 is 0 Å². The molecular formula is C28H32N4O2S. The highest BCUT2D eigenvalue weighted by Crippen LogP contribution is 2.20. The van der Waals surface area contributed by atoms with Crippen LogP contribution in [0.15, 0.2) is 71.1 Å². The molecule has 0 unspecified atom stereocenters. The zero-order valence-corrected chi connectivity index (χ0v) is 20.9. The summed E-state index contributed by atoms with van der Waals surface area (Å²) >= 11 is 1.30. The molecule has 1 amide bonds. The van der Waals surface area contributed by atoms with E-state index in [4.69, 9.17) is 0 Å². The van der Waals surface area contributed by atoms with E-state index in [0.29, 0.717) is 22.3 Å². The fourth-order valence-corrected chi connectivity index (χ4v) is 5.06. The Kier molecular flexibility index (Phi) is 8.81. The van der Waals surface area contributed by atoms with E-state index in [0.717, 1.165) is 25.2 Å². The number of amides is 1. The van der Waals surface area contributed by atoms with E-state index in [2.05, 4.69) is 81.7 Å². The molecule has 35 heavy (non-hydrogen) atoms. The molecule has 2 aromatic heterocycles. The highest BCUT2D eigenvalue weighted by Gasteiger charge is 2.15. The van der Waals surface area contributed by atoms with Gasteiger partial charge in [0, 0.05) is 25.0 Å². The van der Waals surface area contributed by atoms with Crippen LogP contribution in [0.3, 0.4) is 0 Å². The van der Waals surface area contributed by atoms with Crippen molar-refractivity contribution in [2.75, 3.05) is 6.54 Å². The number of rotatable bonds is 12. The fourth-order valence-electron chi connectivity index (χ4n) is 4.17. The first-order valence-corrected chi connectivity index (χ1v) is 13.1. The summed E-state index contributed by atoms with van der Waals surface area (Å²) < 4.78 is 0. The Balaban J connectivity index is 1.35. The Bertz CT molecular complexity index is 1280. The molecule has 0 bridgehead atoms. The second-order valence-corrected chi connectivity index (χ2v) is 9.68. The molecule has 0 saturated heterocycles. The Morgan fingerprint density at radius 3 is 2.43 bits per heavy atom. The van der Waals surface area contributed by atoms with Gasteiger partial charge in [0.2, 0.25) is 0 Å². The monoisotopic (exact) mass is 488 g/mol. The van der Waals surface area contributed by atoms with Crippen molar-refractivity contribution in [2.45, 2.75) is 52.2 Å². The molecule has 0 aliphatic heterocycles. The van der Waals surface area contributed by atoms with Crippen LogP contribution in [0, 0.1) is 0 Å². The minimum Gasteiger partial charge on any atom is -0.348 e. The summed E-state index contributed by atoms with van der Waals surface area (Å²) in [6, 6.07) is 19.0. The van der Waals surface area contributed by atoms with Gasteiger partial charge < -0.3 is 10.3 Å². The van der Waals surface area contributed by atoms with Crippen LogP contribution < -0.4 is 10.9 Å². The summed E-state index contributed by atoms with van der Waals surface area (Å²) in [6.45, 7) is 5.55. The number of thiophene rings is 1. The molecule has 0 atom stereocenters. The average molecular weight is 489 g/mol. The van der Waals surface area contributed by atoms with Crippen molar-refractivity contribution in [3.8, 4) is 0 Å². The number of aromatic nitrogens is 2. The molecule has 2 heterocycles. The third kappa shape index (κ3) is 6.87. The summed E-state index contributed by atoms with van der Waals surface area (Å²) in [4.78, 5) is 34.5. The number of nitrogens with zero attached hydrogens (tertiary/aromatic N) is 2. The predicted octanol–water partition coefficient (Wildman–Crippen LogP) is 5.50. The van der Waals surface area contributed by atoms with Gasteiger partial charge >= 0.3 is 0 Å². The summed E-state index contributed by atoms with van der Waals surface area (Å²) in [5.41, 5.74) is 3.69. The van der Waals surface area contributed by atoms with Crippen LogP contribution in [0.5, 0.6) is 0 Å². The third-order valence-corrected chi connectivity index (χ3v) is 6.97. The first-order chi connectivity index (χ1) is 17.1. The number of carbonyl (C=O) groups is 1. The molecule has 0 radical (unpaired) electrons. The lowest BCUT2D eigenvalue weighted by molar-refractivity contribution is 0.0953. The summed E-state index contributed by atoms with van der Waals surface area (Å²) in [5.74, 6) is -0.264. The van der Waals surface area contributed by atoms with Crippen LogP contribution >= 0.6 is 11.3 Å². The highest BCUT2D eigenvalue weighted by atomic mass is 32.1. The lowest BCUT2D eigenvalue weighted by Crippen LogP contribution is -2.24. The number of hydrogen-bond acceptors (Lipinski definition) is 5. The van der Waals surface area contributed by atoms with Crippen LogP contribution in [0.25, 0.3) is 10.2 Å². The standard InChI is InChI=1S/C28H32N4O2S/c1-2-3-4-8-15-32(17-22-9-6-5-7-10-22)18-23-13-11-21(12-14-23)16-29-26(33)24-19-35-28-25(24)27(34)30-20-31-28/h5-7,9-14,19-20H,2-4,8,15-18H2,1H3,(H,29,33)(H,30,31,34). The number of nitrogens with one attached hydrogen (secondary N) is 2. The van der Waals surface area contributed by atoms with Crippen LogP contribution in [0.4, 0.5) is 0 Å². The molecule has 7 heteroatoms. The van der Waals surface area contributed by atoms with E-state index < -0.39 is 0 Å². The second-order valence-electron chi connectivity index (χ2n) is 8.82. The molecule has 0 aliphatic carbocycles. The maximum absolute atomic E-state index is 12.7. The number of hydrogen-bond donors (Lipinski definition) is 2. The smallest absolute Gasteiger partial charge is 0.260 e. The summed E-state index contributed by atoms with van der Waals surface area (Å²) in [5, 5.41) is 4.97. The molecule has 0 saturated carbocycles. The van der Waals surface area contributed by atoms with E-state index in [1.807, 2.05) is 0 Å². The zero-order valence-electron chi connectivity index (χ0n) is 20.1. The molecule has 2 N–H and O–H groups in total. The highest BCUT2D eigenvalue weighted by molar-refractivity contribution is 7.17. The van der Waals surface area contributed by atoms with Crippen molar-refractivity contribution in [1.82, 2.24) is 20.2 Å². The minimum atomic E-state index is -0.291. The first kappa shape index (κ1) is 24.8. The van der Waals surface area contributed by atoms with E-state index in [-0.39, 0.29) is 11.5 Å². The maximum atomic E-state index is 12.7. The van der Waals surface area contributed by atoms with Crippen molar-refractivity contribution in [3.63, 3.8) is 0 Å². The second kappa shape index (κ2) is 12.4. The van der Waals surface area contributed by atoms with Crippen molar-refractivity contribution < 1.29 is 4.79 Å². The average Bonchev–Trinajstić information content (AvgIpc) is 3.32. The lowest BCUT2D eigenvalue weighted by atomic mass is 10.1. The van der Waals surface area contributed by atoms with Gasteiger partial charge in [0.15, 0.2) is 0 Å². The molecule has 182 valence electrons. The van der Waals surface area contributed by atoms with Crippen LogP contribution in [0.2, 0.25) is 0 Å². The van der Waals surface area contributed by atoms with Crippen LogP contribution in [-0.4, -0.2) is 27.3 Å². The lowest BCUT2D eigenvalue weighted by Gasteiger charge is -2.23. The minimum absolute atomic E-state index is 0.264. The zero-order chi connectivity index (χ0) is 24.5. The van der Waals surface area contributed by atoms with Crippen molar-refractivity contribution in [3.05, 3.63) is 98.9 Å². The maximum Gasteiger partial charge on any atom is 0.260 e. The first-order valence-electron chi connectivity index (χ1n) is 12.2. The number of carbonyl (C=O) groups excluding carboxylic acids is 1. The topological polar surface area (TPSA) is 78.1 Å². The van der Waals surface area contributed by atoms with Crippen molar-refractivity contribution in [1.29, 1.82) is 0 Å². The number of fused-ring (bicyclic) bond motifs is 1. The number of benzene rings is 2. The summed E-state index contributed by atoms with van der Waals surface area (Å²) in [6.07, 6.45) is 6.36. The molecular weight excluding hydrogens is 456 g/mol. The van der Waals surface area contributed by atoms with Gasteiger partial charge in [0.25, 0.3) is 11.5 Å². The van der Waals surface area contributed by atoms with Gasteiger partial charge in [-0.3, -0.25) is 14.5 Å². The van der Waals surface area contributed by atoms with Gasteiger partial charge in [-0.25, -0.2) is 4.98 Å². The Hall–Kier alpha value is -3.29. The normalized spacial score (nSPS) is 11.3. The number of H-pyrrole nitrogens is 1. The fraction of sp³-hybridized carbons (Fsp3) is 0.321.